The molecule has 0 bridgehead atoms. The van der Waals surface area contributed by atoms with E-state index in [0.29, 0.717) is 24.2 Å². The van der Waals surface area contributed by atoms with E-state index in [1.54, 1.807) is 0 Å². The Morgan fingerprint density at radius 2 is 0.560 bits per heavy atom. The van der Waals surface area contributed by atoms with Crippen molar-refractivity contribution in [2.75, 3.05) is 22.1 Å². The smallest absolute Gasteiger partial charge is 0.145 e. The van der Waals surface area contributed by atoms with Crippen molar-refractivity contribution in [3.63, 3.8) is 0 Å². The van der Waals surface area contributed by atoms with E-state index >= 15 is 9.13 Å². The summed E-state index contributed by atoms with van der Waals surface area (Å²) in [6.45, 7) is 9.17. The van der Waals surface area contributed by atoms with Crippen LogP contribution in [0.15, 0.2) is 206 Å². The van der Waals surface area contributed by atoms with Gasteiger partial charge in [0.25, 0.3) is 0 Å². The molecule has 4 nitrogen and oxygen atoms in total. The Hall–Kier alpha value is -6.44. The molecule has 6 heteroatoms. The minimum absolute atomic E-state index is 0.312. The molecule has 0 amide bonds. The number of unbranched alkanes of at least 4 members (excludes halogenated alkanes) is 12. The molecule has 436 valence electrons. The largest absolute Gasteiger partial charge is 0.314 e. The van der Waals surface area contributed by atoms with Gasteiger partial charge >= 0.3 is 0 Å². The fourth-order valence-electron chi connectivity index (χ4n) is 13.7. The van der Waals surface area contributed by atoms with Crippen molar-refractivity contribution in [1.82, 2.24) is 0 Å². The lowest BCUT2D eigenvalue weighted by Gasteiger charge is -2.27. The average Bonchev–Trinajstić information content (AvgIpc) is 1.54. The molecule has 10 rings (SSSR count). The predicted octanol–water partition coefficient (Wildman–Crippen LogP) is 23.9. The number of rotatable bonds is 32. The topological polar surface area (TPSA) is 40.6 Å². The van der Waals surface area contributed by atoms with Gasteiger partial charge in [-0.2, -0.15) is 0 Å². The second kappa shape index (κ2) is 29.6. The third-order valence-corrected chi connectivity index (χ3v) is 25.0. The zero-order valence-electron chi connectivity index (χ0n) is 50.9. The van der Waals surface area contributed by atoms with Gasteiger partial charge in [-0.1, -0.05) is 252 Å². The van der Waals surface area contributed by atoms with Gasteiger partial charge in [-0.25, -0.2) is 0 Å². The van der Waals surface area contributed by atoms with Gasteiger partial charge < -0.3 is 18.9 Å². The first-order valence-electron chi connectivity index (χ1n) is 32.5. The maximum Gasteiger partial charge on any atom is 0.145 e. The molecule has 8 aromatic carbocycles. The van der Waals surface area contributed by atoms with Crippen LogP contribution in [0.25, 0.3) is 32.9 Å². The van der Waals surface area contributed by atoms with E-state index in [0.717, 1.165) is 140 Å². The van der Waals surface area contributed by atoms with E-state index in [-0.39, 0.29) is 0 Å². The van der Waals surface area contributed by atoms with Crippen LogP contribution in [-0.2, 0) is 9.13 Å². The van der Waals surface area contributed by atoms with Crippen LogP contribution in [0, 0.1) is 11.8 Å². The summed E-state index contributed by atoms with van der Waals surface area (Å²) in [5.74, 6) is 0.623. The fourth-order valence-corrected chi connectivity index (χ4v) is 22.2. The molecule has 0 fully saturated rings. The number of hydrogen-bond donors (Lipinski definition) is 0. The van der Waals surface area contributed by atoms with Crippen molar-refractivity contribution in [1.29, 1.82) is 0 Å². The Labute approximate surface area is 505 Å². The molecule has 0 saturated heterocycles. The Balaban J connectivity index is 1.10. The van der Waals surface area contributed by atoms with E-state index in [9.17, 15) is 0 Å². The number of para-hydroxylation sites is 4. The van der Waals surface area contributed by atoms with Crippen LogP contribution in [0.4, 0.5) is 34.1 Å². The highest BCUT2D eigenvalue weighted by molar-refractivity contribution is 7.90. The number of nitrogens with zero attached hydrogens (tertiary/aromatic N) is 2. The first-order valence-corrected chi connectivity index (χ1v) is 36.3. The van der Waals surface area contributed by atoms with Crippen LogP contribution in [0.5, 0.6) is 0 Å². The zero-order chi connectivity index (χ0) is 58.1. The molecule has 0 N–H and O–H groups in total. The molecule has 0 radical (unpaired) electrons. The molecular weight excluding hydrogens is 1060 g/mol. The zero-order valence-corrected chi connectivity index (χ0v) is 52.7. The molecule has 84 heavy (non-hydrogen) atoms. The van der Waals surface area contributed by atoms with E-state index in [1.165, 1.54) is 77.0 Å². The van der Waals surface area contributed by atoms with Gasteiger partial charge in [-0.15, -0.1) is 0 Å². The monoisotopic (exact) mass is 1150 g/mol. The van der Waals surface area contributed by atoms with E-state index in [4.69, 9.17) is 0 Å². The first-order chi connectivity index (χ1) is 41.3. The van der Waals surface area contributed by atoms with Gasteiger partial charge in [0.05, 0.1) is 0 Å². The quantitative estimate of drug-likeness (QED) is 0.0311. The fraction of sp³-hybridized carbons (Fsp3) is 0.359. The lowest BCUT2D eigenvalue weighted by molar-refractivity contribution is 0.436. The highest BCUT2D eigenvalue weighted by Crippen LogP contribution is 2.79. The summed E-state index contributed by atoms with van der Waals surface area (Å²) in [4.78, 5) is 4.61. The van der Waals surface area contributed by atoms with Gasteiger partial charge in [0.2, 0.25) is 0 Å². The van der Waals surface area contributed by atoms with Crippen LogP contribution >= 0.6 is 14.3 Å². The number of fused-ring (bicyclic) bond motifs is 4. The number of benzene rings is 8. The summed E-state index contributed by atoms with van der Waals surface area (Å²) in [7, 11) is -6.74. The van der Waals surface area contributed by atoms with Crippen molar-refractivity contribution in [2.24, 2.45) is 11.8 Å². The van der Waals surface area contributed by atoms with Gasteiger partial charge in [0.15, 0.2) is 0 Å². The Bertz CT molecular complexity index is 3130. The first kappa shape index (κ1) is 60.7. The predicted molar refractivity (Wildman–Crippen MR) is 366 cm³/mol. The van der Waals surface area contributed by atoms with Crippen molar-refractivity contribution >= 4 is 69.6 Å². The molecule has 2 aliphatic rings. The molecule has 8 aromatic rings. The second-order valence-corrected chi connectivity index (χ2v) is 29.8. The van der Waals surface area contributed by atoms with Crippen LogP contribution in [0.3, 0.4) is 0 Å². The van der Waals surface area contributed by atoms with Gasteiger partial charge in [-0.3, -0.25) is 0 Å². The van der Waals surface area contributed by atoms with Crippen molar-refractivity contribution < 1.29 is 9.13 Å². The van der Waals surface area contributed by atoms with E-state index < -0.39 is 14.3 Å². The highest BCUT2D eigenvalue weighted by Gasteiger charge is 2.54. The van der Waals surface area contributed by atoms with Crippen LogP contribution < -0.4 is 20.4 Å². The summed E-state index contributed by atoms with van der Waals surface area (Å²) in [5, 5.41) is 3.78. The summed E-state index contributed by atoms with van der Waals surface area (Å²) < 4.78 is 35.2. The minimum atomic E-state index is -3.37. The molecule has 0 aliphatic carbocycles. The van der Waals surface area contributed by atoms with Gasteiger partial charge in [0, 0.05) is 67.7 Å². The Kier molecular flexibility index (Phi) is 21.4. The standard InChI is InChI=1S/C78H92N2O2P2/c1-5-9-13-21-33-61(34-22-14-10-6-2)59-83(81)75-57-65(63-45-51-71(52-46-63)79(67-37-25-17-26-38-67)68-39-27-18-28-40-68)49-55-73(75)78-77(83)74-56-50-66(58-76(74)84(78,82)60-62(35-23-15-11-7-3)36-24-16-12-8-4)64-47-53-72(54-48-64)80(69-41-29-19-30-42-69)70-43-31-20-32-44-70/h17-20,25-32,37-58,61-62H,5-16,21-24,33-36,59-60H2,1-4H3. The summed E-state index contributed by atoms with van der Waals surface area (Å²) >= 11 is 0. The average molecular weight is 1150 g/mol. The van der Waals surface area contributed by atoms with Crippen LogP contribution in [0.2, 0.25) is 0 Å². The van der Waals surface area contributed by atoms with Crippen molar-refractivity contribution in [3.8, 4) is 22.3 Å². The normalized spacial score (nSPS) is 16.1. The molecule has 2 heterocycles. The SMILES string of the molecule is CCCCCCC(CCCCCC)CP1(=O)C2=C(c3ccc(-c4ccc(N(c5ccccc5)c5ccccc5)cc4)cc31)P(=O)(CC(CCCCCC)CCCCCC)c1cc(-c3ccc(N(c4ccccc4)c4ccccc4)cc3)ccc12. The third kappa shape index (κ3) is 13.9. The van der Waals surface area contributed by atoms with Crippen molar-refractivity contribution in [3.05, 3.63) is 217 Å². The lowest BCUT2D eigenvalue weighted by atomic mass is 9.96. The molecule has 2 atom stereocenters. The maximum atomic E-state index is 17.6. The second-order valence-electron chi connectivity index (χ2n) is 24.2. The maximum absolute atomic E-state index is 17.6. The number of anilines is 6. The molecule has 2 aliphatic heterocycles. The third-order valence-electron chi connectivity index (χ3n) is 18.1. The Morgan fingerprint density at radius 3 is 0.833 bits per heavy atom. The molecular formula is C78H92N2O2P2. The minimum Gasteiger partial charge on any atom is -0.314 e. The van der Waals surface area contributed by atoms with Crippen molar-refractivity contribution in [2.45, 2.75) is 156 Å². The summed E-state index contributed by atoms with van der Waals surface area (Å²) in [5.41, 5.74) is 12.8. The molecule has 0 saturated carbocycles. The molecule has 0 spiro atoms. The molecule has 2 unspecified atom stereocenters. The summed E-state index contributed by atoms with van der Waals surface area (Å²) in [6, 6.07) is 73.7. The number of hydrogen-bond acceptors (Lipinski definition) is 4. The van der Waals surface area contributed by atoms with E-state index in [2.05, 4.69) is 244 Å². The van der Waals surface area contributed by atoms with Crippen LogP contribution in [-0.4, -0.2) is 12.3 Å². The van der Waals surface area contributed by atoms with Crippen LogP contribution in [0.1, 0.15) is 167 Å². The summed E-state index contributed by atoms with van der Waals surface area (Å²) in [6.07, 6.45) is 24.7. The van der Waals surface area contributed by atoms with Gasteiger partial charge in [0.1, 0.15) is 14.3 Å². The highest BCUT2D eigenvalue weighted by atomic mass is 31.2. The molecule has 0 aromatic heterocycles. The Morgan fingerprint density at radius 1 is 0.298 bits per heavy atom. The van der Waals surface area contributed by atoms with Gasteiger partial charge in [-0.05, 0) is 156 Å². The van der Waals surface area contributed by atoms with E-state index in [1.807, 2.05) is 0 Å². The lowest BCUT2D eigenvalue weighted by Crippen LogP contribution is -2.20.